The van der Waals surface area contributed by atoms with Crippen molar-refractivity contribution >= 4 is 23.5 Å². The average molecular weight is 155 g/mol. The van der Waals surface area contributed by atoms with Gasteiger partial charge in [-0.05, 0) is 18.2 Å². The molecular weight excluding hydrogens is 148 g/mol. The standard InChI is InChI=1S/C7H7ClN2/c1-2-6-3-5(8)4-7(9)10-6/h2-4H,1H2,(H2,9,10). The SMILES string of the molecule is C=Cc1cc(Cl)cc(N)n1. The first-order valence-corrected chi connectivity index (χ1v) is 3.15. The first-order chi connectivity index (χ1) is 4.72. The molecule has 10 heavy (non-hydrogen) atoms. The molecular formula is C7H7ClN2. The first kappa shape index (κ1) is 7.09. The molecule has 3 heteroatoms. The lowest BCUT2D eigenvalue weighted by atomic mass is 10.3. The van der Waals surface area contributed by atoms with Gasteiger partial charge in [0.1, 0.15) is 5.82 Å². The van der Waals surface area contributed by atoms with Gasteiger partial charge in [-0.1, -0.05) is 18.2 Å². The van der Waals surface area contributed by atoms with E-state index in [-0.39, 0.29) is 0 Å². The third kappa shape index (κ3) is 1.48. The Labute approximate surface area is 64.3 Å². The Morgan fingerprint density at radius 2 is 2.30 bits per heavy atom. The summed E-state index contributed by atoms with van der Waals surface area (Å²) in [6, 6.07) is 3.29. The van der Waals surface area contributed by atoms with E-state index in [0.29, 0.717) is 16.5 Å². The van der Waals surface area contributed by atoms with Crippen LogP contribution in [0.3, 0.4) is 0 Å². The van der Waals surface area contributed by atoms with Gasteiger partial charge in [-0.2, -0.15) is 0 Å². The fourth-order valence-electron chi connectivity index (χ4n) is 0.642. The van der Waals surface area contributed by atoms with Gasteiger partial charge < -0.3 is 5.73 Å². The summed E-state index contributed by atoms with van der Waals surface area (Å²) < 4.78 is 0. The highest BCUT2D eigenvalue weighted by Crippen LogP contribution is 2.13. The number of halogens is 1. The maximum absolute atomic E-state index is 5.66. The second-order valence-corrected chi connectivity index (χ2v) is 2.28. The van der Waals surface area contributed by atoms with Crippen molar-refractivity contribution in [2.24, 2.45) is 0 Å². The van der Waals surface area contributed by atoms with Crippen molar-refractivity contribution < 1.29 is 0 Å². The van der Waals surface area contributed by atoms with Crippen molar-refractivity contribution in [3.8, 4) is 0 Å². The van der Waals surface area contributed by atoms with Crippen LogP contribution in [0.2, 0.25) is 5.02 Å². The highest BCUT2D eigenvalue weighted by atomic mass is 35.5. The van der Waals surface area contributed by atoms with E-state index in [9.17, 15) is 0 Å². The zero-order chi connectivity index (χ0) is 7.56. The summed E-state index contributed by atoms with van der Waals surface area (Å²) in [6.07, 6.45) is 1.60. The minimum Gasteiger partial charge on any atom is -0.384 e. The molecule has 0 amide bonds. The van der Waals surface area contributed by atoms with Crippen molar-refractivity contribution in [1.82, 2.24) is 4.98 Å². The second-order valence-electron chi connectivity index (χ2n) is 1.84. The molecule has 1 aromatic heterocycles. The third-order valence-corrected chi connectivity index (χ3v) is 1.26. The molecule has 2 nitrogen and oxygen atoms in total. The monoisotopic (exact) mass is 154 g/mol. The number of nitrogen functional groups attached to an aromatic ring is 1. The van der Waals surface area contributed by atoms with E-state index >= 15 is 0 Å². The molecule has 0 bridgehead atoms. The number of pyridine rings is 1. The minimum absolute atomic E-state index is 0.419. The van der Waals surface area contributed by atoms with Gasteiger partial charge in [0.25, 0.3) is 0 Å². The van der Waals surface area contributed by atoms with Crippen LogP contribution in [0.1, 0.15) is 5.69 Å². The summed E-state index contributed by atoms with van der Waals surface area (Å²) in [5.74, 6) is 0.419. The minimum atomic E-state index is 0.419. The predicted octanol–water partition coefficient (Wildman–Crippen LogP) is 1.96. The van der Waals surface area contributed by atoms with E-state index in [0.717, 1.165) is 0 Å². The summed E-state index contributed by atoms with van der Waals surface area (Å²) in [7, 11) is 0. The zero-order valence-electron chi connectivity index (χ0n) is 5.34. The van der Waals surface area contributed by atoms with Crippen LogP contribution in [0.4, 0.5) is 5.82 Å². The largest absolute Gasteiger partial charge is 0.384 e. The van der Waals surface area contributed by atoms with Crippen LogP contribution in [0.25, 0.3) is 6.08 Å². The average Bonchev–Trinajstić information content (AvgIpc) is 1.85. The molecule has 52 valence electrons. The summed E-state index contributed by atoms with van der Waals surface area (Å²) in [6.45, 7) is 3.54. The number of nitrogens with two attached hydrogens (primary N) is 1. The van der Waals surface area contributed by atoms with Gasteiger partial charge in [0, 0.05) is 5.02 Å². The fourth-order valence-corrected chi connectivity index (χ4v) is 0.866. The van der Waals surface area contributed by atoms with Crippen molar-refractivity contribution in [3.05, 3.63) is 29.4 Å². The van der Waals surface area contributed by atoms with E-state index in [4.69, 9.17) is 17.3 Å². The molecule has 0 aliphatic carbocycles. The number of hydrogen-bond acceptors (Lipinski definition) is 2. The van der Waals surface area contributed by atoms with E-state index in [1.165, 1.54) is 0 Å². The molecule has 0 saturated carbocycles. The van der Waals surface area contributed by atoms with E-state index in [2.05, 4.69) is 11.6 Å². The van der Waals surface area contributed by atoms with Crippen LogP contribution in [0.15, 0.2) is 18.7 Å². The maximum atomic E-state index is 5.66. The summed E-state index contributed by atoms with van der Waals surface area (Å²) in [5, 5.41) is 0.586. The number of aromatic nitrogens is 1. The van der Waals surface area contributed by atoms with Crippen molar-refractivity contribution in [3.63, 3.8) is 0 Å². The number of anilines is 1. The quantitative estimate of drug-likeness (QED) is 0.672. The van der Waals surface area contributed by atoms with Gasteiger partial charge in [-0.25, -0.2) is 4.98 Å². The molecule has 1 rings (SSSR count). The molecule has 0 radical (unpaired) electrons. The Kier molecular flexibility index (Phi) is 1.92. The van der Waals surface area contributed by atoms with Crippen LogP contribution < -0.4 is 5.73 Å². The predicted molar refractivity (Wildman–Crippen MR) is 43.8 cm³/mol. The summed E-state index contributed by atoms with van der Waals surface area (Å²) >= 11 is 5.66. The molecule has 0 aliphatic rings. The van der Waals surface area contributed by atoms with Gasteiger partial charge in [0.15, 0.2) is 0 Å². The number of nitrogens with zero attached hydrogens (tertiary/aromatic N) is 1. The molecule has 0 aliphatic heterocycles. The lowest BCUT2D eigenvalue weighted by Crippen LogP contribution is -1.90. The smallest absolute Gasteiger partial charge is 0.125 e. The highest BCUT2D eigenvalue weighted by Gasteiger charge is 1.93. The molecule has 1 aromatic rings. The lowest BCUT2D eigenvalue weighted by Gasteiger charge is -1.95. The molecule has 1 heterocycles. The molecule has 0 aromatic carbocycles. The van der Waals surface area contributed by atoms with Crippen LogP contribution in [-0.2, 0) is 0 Å². The number of hydrogen-bond donors (Lipinski definition) is 1. The van der Waals surface area contributed by atoms with Crippen molar-refractivity contribution in [2.45, 2.75) is 0 Å². The molecule has 0 spiro atoms. The van der Waals surface area contributed by atoms with Gasteiger partial charge in [-0.3, -0.25) is 0 Å². The van der Waals surface area contributed by atoms with Crippen molar-refractivity contribution in [1.29, 1.82) is 0 Å². The molecule has 0 atom stereocenters. The van der Waals surface area contributed by atoms with Crippen LogP contribution in [-0.4, -0.2) is 4.98 Å². The summed E-state index contributed by atoms with van der Waals surface area (Å²) in [5.41, 5.74) is 6.09. The maximum Gasteiger partial charge on any atom is 0.125 e. The van der Waals surface area contributed by atoms with Gasteiger partial charge in [0.05, 0.1) is 5.69 Å². The summed E-state index contributed by atoms with van der Waals surface area (Å²) in [4.78, 5) is 3.93. The normalized spacial score (nSPS) is 9.30. The Hall–Kier alpha value is -1.02. The molecule has 0 saturated heterocycles. The molecule has 0 fully saturated rings. The van der Waals surface area contributed by atoms with E-state index < -0.39 is 0 Å². The Balaban J connectivity index is 3.18. The second kappa shape index (κ2) is 2.71. The fraction of sp³-hybridized carbons (Fsp3) is 0. The van der Waals surface area contributed by atoms with Crippen LogP contribution >= 0.6 is 11.6 Å². The zero-order valence-corrected chi connectivity index (χ0v) is 6.10. The van der Waals surface area contributed by atoms with Crippen LogP contribution in [0, 0.1) is 0 Å². The first-order valence-electron chi connectivity index (χ1n) is 2.78. The van der Waals surface area contributed by atoms with Gasteiger partial charge >= 0.3 is 0 Å². The van der Waals surface area contributed by atoms with E-state index in [1.54, 1.807) is 18.2 Å². The molecule has 0 unspecified atom stereocenters. The van der Waals surface area contributed by atoms with Crippen LogP contribution in [0.5, 0.6) is 0 Å². The number of rotatable bonds is 1. The highest BCUT2D eigenvalue weighted by molar-refractivity contribution is 6.30. The third-order valence-electron chi connectivity index (χ3n) is 1.04. The molecule has 2 N–H and O–H groups in total. The van der Waals surface area contributed by atoms with Gasteiger partial charge in [-0.15, -0.1) is 0 Å². The van der Waals surface area contributed by atoms with E-state index in [1.807, 2.05) is 0 Å². The Morgan fingerprint density at radius 3 is 2.80 bits per heavy atom. The Morgan fingerprint density at radius 1 is 1.60 bits per heavy atom. The Bertz CT molecular complexity index is 238. The lowest BCUT2D eigenvalue weighted by molar-refractivity contribution is 1.31. The topological polar surface area (TPSA) is 38.9 Å². The van der Waals surface area contributed by atoms with Gasteiger partial charge in [0.2, 0.25) is 0 Å². The van der Waals surface area contributed by atoms with Crippen molar-refractivity contribution in [2.75, 3.05) is 5.73 Å².